The predicted octanol–water partition coefficient (Wildman–Crippen LogP) is 2.93. The number of carboxylic acid groups (broad SMARTS) is 1. The molecule has 0 fully saturated rings. The van der Waals surface area contributed by atoms with Crippen LogP contribution in [0, 0.1) is 0 Å². The van der Waals surface area contributed by atoms with Gasteiger partial charge in [-0.1, -0.05) is 19.8 Å². The minimum absolute atomic E-state index is 0.250. The van der Waals surface area contributed by atoms with Crippen LogP contribution in [-0.4, -0.2) is 27.6 Å². The van der Waals surface area contributed by atoms with E-state index in [2.05, 4.69) is 22.2 Å². The maximum atomic E-state index is 10.9. The molecular weight excluding hydrogens is 242 g/mol. The van der Waals surface area contributed by atoms with Gasteiger partial charge in [-0.3, -0.25) is 0 Å². The SMILES string of the molecule is CCCCCNc1ncc2cc(C(=O)O)ccc2n1. The summed E-state index contributed by atoms with van der Waals surface area (Å²) in [5.41, 5.74) is 0.998. The monoisotopic (exact) mass is 259 g/mol. The van der Waals surface area contributed by atoms with Crippen molar-refractivity contribution >= 4 is 22.8 Å². The number of rotatable bonds is 6. The van der Waals surface area contributed by atoms with E-state index in [1.807, 2.05) is 0 Å². The van der Waals surface area contributed by atoms with Crippen molar-refractivity contribution in [2.75, 3.05) is 11.9 Å². The molecule has 2 rings (SSSR count). The molecule has 0 atom stereocenters. The fourth-order valence-electron chi connectivity index (χ4n) is 1.83. The van der Waals surface area contributed by atoms with Crippen molar-refractivity contribution < 1.29 is 9.90 Å². The number of hydrogen-bond donors (Lipinski definition) is 2. The predicted molar refractivity (Wildman–Crippen MR) is 74.5 cm³/mol. The van der Waals surface area contributed by atoms with Crippen molar-refractivity contribution in [3.63, 3.8) is 0 Å². The van der Waals surface area contributed by atoms with Crippen LogP contribution in [0.25, 0.3) is 10.9 Å². The molecule has 0 aliphatic carbocycles. The smallest absolute Gasteiger partial charge is 0.335 e. The molecule has 5 nitrogen and oxygen atoms in total. The van der Waals surface area contributed by atoms with E-state index < -0.39 is 5.97 Å². The van der Waals surface area contributed by atoms with E-state index in [0.29, 0.717) is 5.95 Å². The summed E-state index contributed by atoms with van der Waals surface area (Å²) >= 11 is 0. The van der Waals surface area contributed by atoms with Crippen LogP contribution in [0.2, 0.25) is 0 Å². The van der Waals surface area contributed by atoms with Crippen molar-refractivity contribution in [2.24, 2.45) is 0 Å². The summed E-state index contributed by atoms with van der Waals surface area (Å²) in [5.74, 6) is -0.352. The van der Waals surface area contributed by atoms with Gasteiger partial charge in [0.2, 0.25) is 5.95 Å². The Morgan fingerprint density at radius 1 is 1.37 bits per heavy atom. The first-order valence-corrected chi connectivity index (χ1v) is 6.44. The van der Waals surface area contributed by atoms with E-state index in [-0.39, 0.29) is 5.56 Å². The Hall–Kier alpha value is -2.17. The molecule has 5 heteroatoms. The highest BCUT2D eigenvalue weighted by atomic mass is 16.4. The second-order valence-corrected chi connectivity index (χ2v) is 4.41. The van der Waals surface area contributed by atoms with Crippen LogP contribution in [0.5, 0.6) is 0 Å². The van der Waals surface area contributed by atoms with Gasteiger partial charge >= 0.3 is 5.97 Å². The van der Waals surface area contributed by atoms with Crippen molar-refractivity contribution in [1.82, 2.24) is 9.97 Å². The third-order valence-electron chi connectivity index (χ3n) is 2.89. The zero-order valence-corrected chi connectivity index (χ0v) is 10.9. The normalized spacial score (nSPS) is 10.6. The first-order chi connectivity index (χ1) is 9.20. The first kappa shape index (κ1) is 13.3. The van der Waals surface area contributed by atoms with E-state index in [9.17, 15) is 4.79 Å². The van der Waals surface area contributed by atoms with Gasteiger partial charge < -0.3 is 10.4 Å². The zero-order valence-electron chi connectivity index (χ0n) is 10.9. The Labute approximate surface area is 111 Å². The molecule has 0 aliphatic rings. The Bertz CT molecular complexity index is 584. The number of nitrogens with one attached hydrogen (secondary N) is 1. The standard InChI is InChI=1S/C14H17N3O2/c1-2-3-4-7-15-14-16-9-11-8-10(13(18)19)5-6-12(11)17-14/h5-6,8-9H,2-4,7H2,1H3,(H,18,19)(H,15,16,17). The fraction of sp³-hybridized carbons (Fsp3) is 0.357. The Morgan fingerprint density at radius 3 is 2.95 bits per heavy atom. The number of anilines is 1. The van der Waals surface area contributed by atoms with E-state index >= 15 is 0 Å². The molecular formula is C14H17N3O2. The summed E-state index contributed by atoms with van der Waals surface area (Å²) in [6.07, 6.45) is 5.10. The molecule has 2 N–H and O–H groups in total. The number of nitrogens with zero attached hydrogens (tertiary/aromatic N) is 2. The summed E-state index contributed by atoms with van der Waals surface area (Å²) < 4.78 is 0. The number of unbranched alkanes of at least 4 members (excludes halogenated alkanes) is 2. The van der Waals surface area contributed by atoms with Gasteiger partial charge in [0.05, 0.1) is 11.1 Å². The summed E-state index contributed by atoms with van der Waals surface area (Å²) in [6, 6.07) is 4.84. The molecule has 0 aliphatic heterocycles. The highest BCUT2D eigenvalue weighted by molar-refractivity contribution is 5.93. The maximum Gasteiger partial charge on any atom is 0.335 e. The number of aromatic nitrogens is 2. The quantitative estimate of drug-likeness (QED) is 0.780. The van der Waals surface area contributed by atoms with E-state index in [1.165, 1.54) is 12.8 Å². The average molecular weight is 259 g/mol. The lowest BCUT2D eigenvalue weighted by atomic mass is 10.1. The van der Waals surface area contributed by atoms with Gasteiger partial charge in [0, 0.05) is 18.1 Å². The number of carboxylic acids is 1. The molecule has 0 radical (unpaired) electrons. The molecule has 2 aromatic rings. The van der Waals surface area contributed by atoms with Crippen molar-refractivity contribution in [3.05, 3.63) is 30.0 Å². The summed E-state index contributed by atoms with van der Waals surface area (Å²) in [5, 5.41) is 12.8. The lowest BCUT2D eigenvalue weighted by molar-refractivity contribution is 0.0697. The lowest BCUT2D eigenvalue weighted by Crippen LogP contribution is -2.05. The van der Waals surface area contributed by atoms with Gasteiger partial charge in [-0.15, -0.1) is 0 Å². The molecule has 0 saturated carbocycles. The molecule has 100 valence electrons. The van der Waals surface area contributed by atoms with Crippen molar-refractivity contribution in [3.8, 4) is 0 Å². The van der Waals surface area contributed by atoms with Crippen LogP contribution in [-0.2, 0) is 0 Å². The average Bonchev–Trinajstić information content (AvgIpc) is 2.43. The Morgan fingerprint density at radius 2 is 2.21 bits per heavy atom. The molecule has 1 heterocycles. The molecule has 1 aromatic heterocycles. The van der Waals surface area contributed by atoms with Gasteiger partial charge in [-0.2, -0.15) is 0 Å². The topological polar surface area (TPSA) is 75.1 Å². The third-order valence-corrected chi connectivity index (χ3v) is 2.89. The molecule has 0 spiro atoms. The molecule has 0 unspecified atom stereocenters. The van der Waals surface area contributed by atoms with Gasteiger partial charge in [0.15, 0.2) is 0 Å². The summed E-state index contributed by atoms with van der Waals surface area (Å²) in [4.78, 5) is 19.4. The number of aromatic carboxylic acids is 1. The van der Waals surface area contributed by atoms with E-state index in [0.717, 1.165) is 23.9 Å². The Kier molecular flexibility index (Phi) is 4.28. The minimum atomic E-state index is -0.941. The number of carbonyl (C=O) groups is 1. The van der Waals surface area contributed by atoms with Crippen LogP contribution in [0.15, 0.2) is 24.4 Å². The van der Waals surface area contributed by atoms with Crippen LogP contribution in [0.3, 0.4) is 0 Å². The summed E-state index contributed by atoms with van der Waals surface area (Å²) in [6.45, 7) is 3.01. The van der Waals surface area contributed by atoms with Crippen LogP contribution >= 0.6 is 0 Å². The lowest BCUT2D eigenvalue weighted by Gasteiger charge is -2.05. The summed E-state index contributed by atoms with van der Waals surface area (Å²) in [7, 11) is 0. The van der Waals surface area contributed by atoms with E-state index in [1.54, 1.807) is 24.4 Å². The van der Waals surface area contributed by atoms with Gasteiger partial charge in [0.25, 0.3) is 0 Å². The van der Waals surface area contributed by atoms with E-state index in [4.69, 9.17) is 5.11 Å². The van der Waals surface area contributed by atoms with Gasteiger partial charge in [-0.25, -0.2) is 14.8 Å². The number of hydrogen-bond acceptors (Lipinski definition) is 4. The van der Waals surface area contributed by atoms with Crippen molar-refractivity contribution in [1.29, 1.82) is 0 Å². The molecule has 0 amide bonds. The molecule has 19 heavy (non-hydrogen) atoms. The van der Waals surface area contributed by atoms with Gasteiger partial charge in [0.1, 0.15) is 0 Å². The van der Waals surface area contributed by atoms with Crippen LogP contribution in [0.4, 0.5) is 5.95 Å². The molecule has 1 aromatic carbocycles. The van der Waals surface area contributed by atoms with Crippen molar-refractivity contribution in [2.45, 2.75) is 26.2 Å². The van der Waals surface area contributed by atoms with Crippen LogP contribution < -0.4 is 5.32 Å². The zero-order chi connectivity index (χ0) is 13.7. The second-order valence-electron chi connectivity index (χ2n) is 4.41. The first-order valence-electron chi connectivity index (χ1n) is 6.44. The maximum absolute atomic E-state index is 10.9. The minimum Gasteiger partial charge on any atom is -0.478 e. The fourth-order valence-corrected chi connectivity index (χ4v) is 1.83. The number of benzene rings is 1. The molecule has 0 saturated heterocycles. The number of fused-ring (bicyclic) bond motifs is 1. The van der Waals surface area contributed by atoms with Crippen LogP contribution in [0.1, 0.15) is 36.5 Å². The third kappa shape index (κ3) is 3.40. The highest BCUT2D eigenvalue weighted by Gasteiger charge is 2.05. The largest absolute Gasteiger partial charge is 0.478 e. The highest BCUT2D eigenvalue weighted by Crippen LogP contribution is 2.15. The second kappa shape index (κ2) is 6.13. The Balaban J connectivity index is 2.12. The molecule has 0 bridgehead atoms. The van der Waals surface area contributed by atoms with Gasteiger partial charge in [-0.05, 0) is 24.6 Å².